The van der Waals surface area contributed by atoms with Crippen LogP contribution in [0.15, 0.2) is 54.6 Å². The van der Waals surface area contributed by atoms with Gasteiger partial charge in [0.1, 0.15) is 0 Å². The quantitative estimate of drug-likeness (QED) is 0.818. The highest BCUT2D eigenvalue weighted by Crippen LogP contribution is 2.18. The smallest absolute Gasteiger partial charge is 0.236 e. The SMILES string of the molecule is Cc1cccc(N2CCN(C(=O)CN3CCN(c4ccccc4)CC3)CC2)c1. The Kier molecular flexibility index (Phi) is 5.81. The summed E-state index contributed by atoms with van der Waals surface area (Å²) in [6, 6.07) is 19.2. The van der Waals surface area contributed by atoms with Crippen LogP contribution in [-0.4, -0.2) is 74.6 Å². The topological polar surface area (TPSA) is 30.0 Å². The molecule has 2 heterocycles. The second kappa shape index (κ2) is 8.65. The van der Waals surface area contributed by atoms with Gasteiger partial charge in [-0.15, -0.1) is 0 Å². The van der Waals surface area contributed by atoms with Crippen LogP contribution in [0.5, 0.6) is 0 Å². The number of hydrogen-bond donors (Lipinski definition) is 0. The van der Waals surface area contributed by atoms with E-state index in [-0.39, 0.29) is 5.91 Å². The lowest BCUT2D eigenvalue weighted by atomic mass is 10.2. The van der Waals surface area contributed by atoms with Gasteiger partial charge < -0.3 is 14.7 Å². The van der Waals surface area contributed by atoms with E-state index in [0.717, 1.165) is 52.4 Å². The van der Waals surface area contributed by atoms with Crippen molar-refractivity contribution in [3.8, 4) is 0 Å². The number of rotatable bonds is 4. The summed E-state index contributed by atoms with van der Waals surface area (Å²) in [5.41, 5.74) is 3.83. The van der Waals surface area contributed by atoms with E-state index in [1.54, 1.807) is 0 Å². The zero-order chi connectivity index (χ0) is 19.3. The summed E-state index contributed by atoms with van der Waals surface area (Å²) in [7, 11) is 0. The fraction of sp³-hybridized carbons (Fsp3) is 0.435. The minimum Gasteiger partial charge on any atom is -0.369 e. The minimum atomic E-state index is 0.275. The predicted molar refractivity (Wildman–Crippen MR) is 115 cm³/mol. The lowest BCUT2D eigenvalue weighted by Crippen LogP contribution is -2.54. The Labute approximate surface area is 168 Å². The summed E-state index contributed by atoms with van der Waals surface area (Å²) in [6.45, 7) is 10.0. The van der Waals surface area contributed by atoms with E-state index in [1.807, 2.05) is 4.90 Å². The lowest BCUT2D eigenvalue weighted by Gasteiger charge is -2.39. The van der Waals surface area contributed by atoms with E-state index in [0.29, 0.717) is 6.54 Å². The molecule has 0 bridgehead atoms. The molecular formula is C23H30N4O. The molecule has 0 radical (unpaired) electrons. The predicted octanol–water partition coefficient (Wildman–Crippen LogP) is 2.47. The number of benzene rings is 2. The van der Waals surface area contributed by atoms with Crippen molar-refractivity contribution in [1.82, 2.24) is 9.80 Å². The molecule has 4 rings (SSSR count). The van der Waals surface area contributed by atoms with Crippen LogP contribution in [0.4, 0.5) is 11.4 Å². The summed E-state index contributed by atoms with van der Waals surface area (Å²) in [5, 5.41) is 0. The highest BCUT2D eigenvalue weighted by Gasteiger charge is 2.25. The second-order valence-electron chi connectivity index (χ2n) is 7.81. The number of para-hydroxylation sites is 1. The van der Waals surface area contributed by atoms with Crippen molar-refractivity contribution in [1.29, 1.82) is 0 Å². The molecule has 2 aliphatic heterocycles. The number of aryl methyl sites for hydroxylation is 1. The van der Waals surface area contributed by atoms with E-state index in [4.69, 9.17) is 0 Å². The molecule has 2 aromatic rings. The van der Waals surface area contributed by atoms with E-state index >= 15 is 0 Å². The van der Waals surface area contributed by atoms with Crippen LogP contribution in [0.25, 0.3) is 0 Å². The number of hydrogen-bond acceptors (Lipinski definition) is 4. The maximum atomic E-state index is 12.8. The molecule has 2 aromatic carbocycles. The molecule has 0 saturated carbocycles. The third kappa shape index (κ3) is 4.47. The first kappa shape index (κ1) is 18.8. The van der Waals surface area contributed by atoms with E-state index in [1.165, 1.54) is 16.9 Å². The summed E-state index contributed by atoms with van der Waals surface area (Å²) in [5.74, 6) is 0.275. The Morgan fingerprint density at radius 1 is 0.750 bits per heavy atom. The molecule has 2 aliphatic rings. The molecule has 5 nitrogen and oxygen atoms in total. The van der Waals surface area contributed by atoms with Crippen LogP contribution in [0.3, 0.4) is 0 Å². The number of carbonyl (C=O) groups is 1. The maximum absolute atomic E-state index is 12.8. The van der Waals surface area contributed by atoms with Gasteiger partial charge in [0.05, 0.1) is 6.54 Å². The Morgan fingerprint density at radius 2 is 1.36 bits per heavy atom. The van der Waals surface area contributed by atoms with Crippen molar-refractivity contribution >= 4 is 17.3 Å². The third-order valence-corrected chi connectivity index (χ3v) is 5.85. The molecule has 2 fully saturated rings. The zero-order valence-corrected chi connectivity index (χ0v) is 16.8. The van der Waals surface area contributed by atoms with Gasteiger partial charge in [0, 0.05) is 63.7 Å². The van der Waals surface area contributed by atoms with Crippen LogP contribution in [0.1, 0.15) is 5.56 Å². The fourth-order valence-corrected chi connectivity index (χ4v) is 4.13. The molecule has 5 heteroatoms. The largest absolute Gasteiger partial charge is 0.369 e. The van der Waals surface area contributed by atoms with Crippen molar-refractivity contribution in [2.75, 3.05) is 68.7 Å². The number of carbonyl (C=O) groups excluding carboxylic acids is 1. The number of piperazine rings is 2. The molecule has 148 valence electrons. The number of nitrogens with zero attached hydrogens (tertiary/aromatic N) is 4. The van der Waals surface area contributed by atoms with Gasteiger partial charge in [-0.2, -0.15) is 0 Å². The standard InChI is InChI=1S/C23H30N4O/c1-20-6-5-9-22(18-20)26-14-16-27(17-15-26)23(28)19-24-10-12-25(13-11-24)21-7-3-2-4-8-21/h2-9,18H,10-17,19H2,1H3. The normalized spacial score (nSPS) is 18.4. The highest BCUT2D eigenvalue weighted by atomic mass is 16.2. The zero-order valence-electron chi connectivity index (χ0n) is 16.8. The first-order chi connectivity index (χ1) is 13.7. The summed E-state index contributed by atoms with van der Waals surface area (Å²) < 4.78 is 0. The molecular weight excluding hydrogens is 348 g/mol. The van der Waals surface area contributed by atoms with Gasteiger partial charge in [-0.05, 0) is 36.8 Å². The van der Waals surface area contributed by atoms with Crippen molar-refractivity contribution in [3.63, 3.8) is 0 Å². The monoisotopic (exact) mass is 378 g/mol. The van der Waals surface area contributed by atoms with Crippen LogP contribution >= 0.6 is 0 Å². The molecule has 2 saturated heterocycles. The minimum absolute atomic E-state index is 0.275. The van der Waals surface area contributed by atoms with Gasteiger partial charge in [0.15, 0.2) is 0 Å². The van der Waals surface area contributed by atoms with Crippen molar-refractivity contribution in [2.45, 2.75) is 6.92 Å². The van der Waals surface area contributed by atoms with Crippen LogP contribution in [0, 0.1) is 6.92 Å². The van der Waals surface area contributed by atoms with Gasteiger partial charge in [0.25, 0.3) is 0 Å². The maximum Gasteiger partial charge on any atom is 0.236 e. The highest BCUT2D eigenvalue weighted by molar-refractivity contribution is 5.78. The summed E-state index contributed by atoms with van der Waals surface area (Å²) in [6.07, 6.45) is 0. The van der Waals surface area contributed by atoms with E-state index in [9.17, 15) is 4.79 Å². The Balaban J connectivity index is 1.23. The Morgan fingerprint density at radius 3 is 2.04 bits per heavy atom. The molecule has 0 atom stereocenters. The van der Waals surface area contributed by atoms with Crippen molar-refractivity contribution < 1.29 is 4.79 Å². The number of anilines is 2. The number of amides is 1. The summed E-state index contributed by atoms with van der Waals surface area (Å²) >= 11 is 0. The van der Waals surface area contributed by atoms with Crippen LogP contribution in [0.2, 0.25) is 0 Å². The fourth-order valence-electron chi connectivity index (χ4n) is 4.13. The van der Waals surface area contributed by atoms with Gasteiger partial charge in [0.2, 0.25) is 5.91 Å². The van der Waals surface area contributed by atoms with Gasteiger partial charge in [-0.3, -0.25) is 9.69 Å². The molecule has 0 aliphatic carbocycles. The molecule has 1 amide bonds. The van der Waals surface area contributed by atoms with E-state index in [2.05, 4.69) is 76.2 Å². The van der Waals surface area contributed by atoms with Gasteiger partial charge in [-0.25, -0.2) is 0 Å². The lowest BCUT2D eigenvalue weighted by molar-refractivity contribution is -0.132. The Hall–Kier alpha value is -2.53. The third-order valence-electron chi connectivity index (χ3n) is 5.85. The van der Waals surface area contributed by atoms with Crippen LogP contribution in [-0.2, 0) is 4.79 Å². The summed E-state index contributed by atoms with van der Waals surface area (Å²) in [4.78, 5) is 21.9. The molecule has 0 N–H and O–H groups in total. The average Bonchev–Trinajstić information content (AvgIpc) is 2.75. The molecule has 0 unspecified atom stereocenters. The first-order valence-corrected chi connectivity index (χ1v) is 10.3. The molecule has 0 aromatic heterocycles. The molecule has 0 spiro atoms. The van der Waals surface area contributed by atoms with Crippen molar-refractivity contribution in [3.05, 3.63) is 60.2 Å². The molecule has 28 heavy (non-hydrogen) atoms. The van der Waals surface area contributed by atoms with Crippen LogP contribution < -0.4 is 9.80 Å². The Bertz CT molecular complexity index is 778. The van der Waals surface area contributed by atoms with Crippen molar-refractivity contribution in [2.24, 2.45) is 0 Å². The van der Waals surface area contributed by atoms with E-state index < -0.39 is 0 Å². The average molecular weight is 379 g/mol. The second-order valence-corrected chi connectivity index (χ2v) is 7.81. The van der Waals surface area contributed by atoms with Gasteiger partial charge >= 0.3 is 0 Å². The first-order valence-electron chi connectivity index (χ1n) is 10.3. The van der Waals surface area contributed by atoms with Gasteiger partial charge in [-0.1, -0.05) is 30.3 Å².